The van der Waals surface area contributed by atoms with E-state index in [4.69, 9.17) is 14.9 Å². The van der Waals surface area contributed by atoms with Crippen LogP contribution in [0.2, 0.25) is 0 Å². The number of methoxy groups -OCH3 is 1. The number of nitrogens with two attached hydrogens (primary N) is 1. The number of amides is 2. The van der Waals surface area contributed by atoms with E-state index in [0.29, 0.717) is 17.0 Å². The molecule has 0 aliphatic heterocycles. The molecule has 20 heavy (non-hydrogen) atoms. The zero-order valence-electron chi connectivity index (χ0n) is 10.7. The van der Waals surface area contributed by atoms with Crippen LogP contribution in [0, 0.1) is 0 Å². The summed E-state index contributed by atoms with van der Waals surface area (Å²) in [5.41, 5.74) is 10.8. The number of hydrazine groups is 1. The Hall–Kier alpha value is -2.96. The number of hydrogen-bond donors (Lipinski definition) is 3. The number of furan rings is 1. The van der Waals surface area contributed by atoms with Crippen molar-refractivity contribution in [1.29, 1.82) is 0 Å². The topological polar surface area (TPSA) is 107 Å². The third-order valence-corrected chi connectivity index (χ3v) is 2.53. The van der Waals surface area contributed by atoms with Gasteiger partial charge in [-0.2, -0.15) is 0 Å². The molecule has 0 radical (unpaired) electrons. The second kappa shape index (κ2) is 5.79. The fraction of sp³-hybridized carbons (Fsp3) is 0.0769. The normalized spacial score (nSPS) is 9.85. The van der Waals surface area contributed by atoms with Crippen LogP contribution in [0.25, 0.3) is 0 Å². The number of benzene rings is 1. The van der Waals surface area contributed by atoms with Crippen LogP contribution in [0.5, 0.6) is 5.75 Å². The summed E-state index contributed by atoms with van der Waals surface area (Å²) in [7, 11) is 1.48. The largest absolute Gasteiger partial charge is 0.495 e. The first-order chi connectivity index (χ1) is 9.61. The maximum atomic E-state index is 11.8. The van der Waals surface area contributed by atoms with E-state index in [0.717, 1.165) is 0 Å². The van der Waals surface area contributed by atoms with Crippen LogP contribution in [0.4, 0.5) is 5.69 Å². The number of nitrogen functional groups attached to an aromatic ring is 1. The molecule has 104 valence electrons. The second-order valence-electron chi connectivity index (χ2n) is 3.84. The van der Waals surface area contributed by atoms with E-state index < -0.39 is 11.8 Å². The van der Waals surface area contributed by atoms with Crippen molar-refractivity contribution in [2.45, 2.75) is 0 Å². The van der Waals surface area contributed by atoms with Crippen LogP contribution in [0.15, 0.2) is 41.0 Å². The van der Waals surface area contributed by atoms with Gasteiger partial charge in [-0.05, 0) is 30.3 Å². The van der Waals surface area contributed by atoms with Gasteiger partial charge in [0.25, 0.3) is 5.91 Å². The standard InChI is InChI=1S/C13H13N3O4/c1-19-10-5-4-8(7-9(10)14)12(17)15-16-13(18)11-3-2-6-20-11/h2-7H,14H2,1H3,(H,15,17)(H,16,18). The lowest BCUT2D eigenvalue weighted by Gasteiger charge is -2.08. The highest BCUT2D eigenvalue weighted by Gasteiger charge is 2.12. The van der Waals surface area contributed by atoms with Gasteiger partial charge in [-0.25, -0.2) is 0 Å². The Morgan fingerprint density at radius 1 is 1.20 bits per heavy atom. The van der Waals surface area contributed by atoms with Crippen LogP contribution in [0.3, 0.4) is 0 Å². The molecule has 0 fully saturated rings. The minimum absolute atomic E-state index is 0.0968. The average Bonchev–Trinajstić information content (AvgIpc) is 2.98. The Labute approximate surface area is 114 Å². The van der Waals surface area contributed by atoms with Crippen molar-refractivity contribution in [2.75, 3.05) is 12.8 Å². The van der Waals surface area contributed by atoms with Gasteiger partial charge in [0.15, 0.2) is 5.76 Å². The van der Waals surface area contributed by atoms with Crippen LogP contribution in [-0.4, -0.2) is 18.9 Å². The molecule has 2 amide bonds. The summed E-state index contributed by atoms with van der Waals surface area (Å²) in [4.78, 5) is 23.4. The minimum Gasteiger partial charge on any atom is -0.495 e. The molecule has 0 spiro atoms. The number of ether oxygens (including phenoxy) is 1. The smallest absolute Gasteiger partial charge is 0.305 e. The van der Waals surface area contributed by atoms with Crippen molar-refractivity contribution in [1.82, 2.24) is 10.9 Å². The molecular formula is C13H13N3O4. The third kappa shape index (κ3) is 2.89. The van der Waals surface area contributed by atoms with Gasteiger partial charge in [0, 0.05) is 5.56 Å². The maximum Gasteiger partial charge on any atom is 0.305 e. The van der Waals surface area contributed by atoms with E-state index in [-0.39, 0.29) is 5.76 Å². The van der Waals surface area contributed by atoms with Gasteiger partial charge in [0.1, 0.15) is 5.75 Å². The molecule has 0 unspecified atom stereocenters. The number of carbonyl (C=O) groups excluding carboxylic acids is 2. The zero-order chi connectivity index (χ0) is 14.5. The van der Waals surface area contributed by atoms with Crippen molar-refractivity contribution in [3.8, 4) is 5.75 Å². The highest BCUT2D eigenvalue weighted by Crippen LogP contribution is 2.21. The van der Waals surface area contributed by atoms with Crippen LogP contribution < -0.4 is 21.3 Å². The number of rotatable bonds is 3. The zero-order valence-corrected chi connectivity index (χ0v) is 10.7. The summed E-state index contributed by atoms with van der Waals surface area (Å²) in [5.74, 6) is -0.482. The summed E-state index contributed by atoms with van der Waals surface area (Å²) in [6.07, 6.45) is 1.36. The summed E-state index contributed by atoms with van der Waals surface area (Å²) in [6.45, 7) is 0. The lowest BCUT2D eigenvalue weighted by atomic mass is 10.2. The summed E-state index contributed by atoms with van der Waals surface area (Å²) in [5, 5.41) is 0. The van der Waals surface area contributed by atoms with Gasteiger partial charge < -0.3 is 14.9 Å². The summed E-state index contributed by atoms with van der Waals surface area (Å²) >= 11 is 0. The molecule has 7 nitrogen and oxygen atoms in total. The molecule has 1 aromatic carbocycles. The first-order valence-electron chi connectivity index (χ1n) is 5.69. The lowest BCUT2D eigenvalue weighted by Crippen LogP contribution is -2.41. The Bertz CT molecular complexity index is 623. The van der Waals surface area contributed by atoms with E-state index in [2.05, 4.69) is 10.9 Å². The van der Waals surface area contributed by atoms with Crippen molar-refractivity contribution < 1.29 is 18.7 Å². The minimum atomic E-state index is -0.551. The molecule has 0 bridgehead atoms. The monoisotopic (exact) mass is 275 g/mol. The fourth-order valence-corrected chi connectivity index (χ4v) is 1.53. The quantitative estimate of drug-likeness (QED) is 0.571. The van der Waals surface area contributed by atoms with Gasteiger partial charge in [-0.1, -0.05) is 0 Å². The van der Waals surface area contributed by atoms with Gasteiger partial charge in [-0.15, -0.1) is 0 Å². The SMILES string of the molecule is COc1ccc(C(=O)NNC(=O)c2ccco2)cc1N. The Kier molecular flexibility index (Phi) is 3.90. The molecule has 1 heterocycles. The van der Waals surface area contributed by atoms with Crippen molar-refractivity contribution in [2.24, 2.45) is 0 Å². The Morgan fingerprint density at radius 2 is 1.95 bits per heavy atom. The molecule has 0 aliphatic rings. The molecule has 2 rings (SSSR count). The molecule has 2 aromatic rings. The predicted octanol–water partition coefficient (Wildman–Crippen LogP) is 0.945. The number of carbonyl (C=O) groups is 2. The van der Waals surface area contributed by atoms with Gasteiger partial charge in [0.2, 0.25) is 0 Å². The van der Waals surface area contributed by atoms with Crippen molar-refractivity contribution in [3.05, 3.63) is 47.9 Å². The molecule has 0 saturated heterocycles. The number of hydrogen-bond acceptors (Lipinski definition) is 5. The van der Waals surface area contributed by atoms with E-state index in [1.807, 2.05) is 0 Å². The molecule has 0 aliphatic carbocycles. The highest BCUT2D eigenvalue weighted by molar-refractivity contribution is 5.98. The van der Waals surface area contributed by atoms with Crippen molar-refractivity contribution in [3.63, 3.8) is 0 Å². The van der Waals surface area contributed by atoms with E-state index >= 15 is 0 Å². The summed E-state index contributed by atoms with van der Waals surface area (Å²) < 4.78 is 9.87. The predicted molar refractivity (Wildman–Crippen MR) is 71.0 cm³/mol. The van der Waals surface area contributed by atoms with E-state index in [1.54, 1.807) is 12.1 Å². The molecule has 0 saturated carbocycles. The van der Waals surface area contributed by atoms with Gasteiger partial charge in [0.05, 0.1) is 19.1 Å². The summed E-state index contributed by atoms with van der Waals surface area (Å²) in [6, 6.07) is 7.60. The van der Waals surface area contributed by atoms with Crippen LogP contribution in [-0.2, 0) is 0 Å². The second-order valence-corrected chi connectivity index (χ2v) is 3.84. The molecular weight excluding hydrogens is 262 g/mol. The van der Waals surface area contributed by atoms with Crippen LogP contribution in [0.1, 0.15) is 20.9 Å². The third-order valence-electron chi connectivity index (χ3n) is 2.53. The molecule has 0 atom stereocenters. The average molecular weight is 275 g/mol. The molecule has 7 heteroatoms. The highest BCUT2D eigenvalue weighted by atomic mass is 16.5. The van der Waals surface area contributed by atoms with Crippen LogP contribution >= 0.6 is 0 Å². The van der Waals surface area contributed by atoms with Gasteiger partial charge in [-0.3, -0.25) is 20.4 Å². The number of anilines is 1. The number of nitrogens with one attached hydrogen (secondary N) is 2. The van der Waals surface area contributed by atoms with E-state index in [9.17, 15) is 9.59 Å². The fourth-order valence-electron chi connectivity index (χ4n) is 1.53. The Balaban J connectivity index is 1.98. The lowest BCUT2D eigenvalue weighted by molar-refractivity contribution is 0.0831. The van der Waals surface area contributed by atoms with Crippen molar-refractivity contribution >= 4 is 17.5 Å². The molecule has 1 aromatic heterocycles. The van der Waals surface area contributed by atoms with Gasteiger partial charge >= 0.3 is 5.91 Å². The first-order valence-corrected chi connectivity index (χ1v) is 5.69. The maximum absolute atomic E-state index is 11.8. The van der Waals surface area contributed by atoms with E-state index in [1.165, 1.54) is 31.6 Å². The molecule has 4 N–H and O–H groups in total. The first kappa shape index (κ1) is 13.5. The Morgan fingerprint density at radius 3 is 2.55 bits per heavy atom.